The summed E-state index contributed by atoms with van der Waals surface area (Å²) in [5.74, 6) is 0. The van der Waals surface area contributed by atoms with Gasteiger partial charge >= 0.3 is 0 Å². The lowest BCUT2D eigenvalue weighted by atomic mass is 10.1. The molecule has 0 amide bonds. The number of rotatable bonds is 4. The third-order valence-corrected chi connectivity index (χ3v) is 4.48. The first-order valence-corrected chi connectivity index (χ1v) is 7.63. The number of anilines is 2. The summed E-state index contributed by atoms with van der Waals surface area (Å²) >= 11 is 0. The fourth-order valence-corrected chi connectivity index (χ4v) is 3.33. The minimum absolute atomic E-state index is 0.780. The van der Waals surface area contributed by atoms with Gasteiger partial charge in [0.1, 0.15) is 0 Å². The molecule has 0 saturated carbocycles. The van der Waals surface area contributed by atoms with Crippen molar-refractivity contribution >= 4 is 11.4 Å². The second-order valence-corrected chi connectivity index (χ2v) is 5.83. The van der Waals surface area contributed by atoms with Crippen LogP contribution in [0.5, 0.6) is 0 Å². The first kappa shape index (κ1) is 12.8. The van der Waals surface area contributed by atoms with Crippen molar-refractivity contribution in [3.05, 3.63) is 24.3 Å². The number of nitrogens with one attached hydrogen (secondary N) is 1. The molecule has 0 spiro atoms. The highest BCUT2D eigenvalue weighted by Crippen LogP contribution is 2.31. The molecule has 1 aromatic rings. The van der Waals surface area contributed by atoms with Gasteiger partial charge < -0.3 is 15.1 Å². The zero-order chi connectivity index (χ0) is 13.1. The van der Waals surface area contributed by atoms with Crippen LogP contribution in [0.4, 0.5) is 11.4 Å². The Morgan fingerprint density at radius 3 is 2.84 bits per heavy atom. The maximum absolute atomic E-state index is 3.59. The second-order valence-electron chi connectivity index (χ2n) is 5.83. The molecule has 2 aliphatic heterocycles. The van der Waals surface area contributed by atoms with E-state index in [2.05, 4.69) is 46.4 Å². The molecule has 1 unspecified atom stereocenters. The van der Waals surface area contributed by atoms with Gasteiger partial charge in [0.05, 0.1) is 11.4 Å². The van der Waals surface area contributed by atoms with Crippen LogP contribution in [0.1, 0.15) is 25.7 Å². The zero-order valence-electron chi connectivity index (χ0n) is 11.9. The van der Waals surface area contributed by atoms with E-state index in [1.165, 1.54) is 50.1 Å². The molecule has 1 saturated heterocycles. The summed E-state index contributed by atoms with van der Waals surface area (Å²) < 4.78 is 0. The van der Waals surface area contributed by atoms with Crippen LogP contribution in [0.25, 0.3) is 0 Å². The summed E-state index contributed by atoms with van der Waals surface area (Å²) in [5, 5.41) is 3.59. The zero-order valence-corrected chi connectivity index (χ0v) is 11.9. The summed E-state index contributed by atoms with van der Waals surface area (Å²) in [7, 11) is 2.19. The average Bonchev–Trinajstić information content (AvgIpc) is 2.95. The SMILES string of the molecule is CN1CCN(CCCC2CCCN2)c2ccccc21. The van der Waals surface area contributed by atoms with Crippen LogP contribution in [0.3, 0.4) is 0 Å². The maximum atomic E-state index is 3.59. The molecule has 1 fully saturated rings. The molecule has 2 heterocycles. The van der Waals surface area contributed by atoms with E-state index in [1.54, 1.807) is 0 Å². The largest absolute Gasteiger partial charge is 0.371 e. The highest BCUT2D eigenvalue weighted by atomic mass is 15.2. The van der Waals surface area contributed by atoms with Crippen molar-refractivity contribution in [2.24, 2.45) is 0 Å². The summed E-state index contributed by atoms with van der Waals surface area (Å²) in [5.41, 5.74) is 2.79. The molecule has 104 valence electrons. The van der Waals surface area contributed by atoms with E-state index in [4.69, 9.17) is 0 Å². The van der Waals surface area contributed by atoms with Crippen molar-refractivity contribution < 1.29 is 0 Å². The normalized spacial score (nSPS) is 22.7. The van der Waals surface area contributed by atoms with Crippen LogP contribution in [0.2, 0.25) is 0 Å². The van der Waals surface area contributed by atoms with E-state index in [0.717, 1.165) is 19.1 Å². The third kappa shape index (κ3) is 2.86. The lowest BCUT2D eigenvalue weighted by molar-refractivity contribution is 0.530. The van der Waals surface area contributed by atoms with E-state index in [-0.39, 0.29) is 0 Å². The molecule has 1 atom stereocenters. The van der Waals surface area contributed by atoms with Crippen LogP contribution in [0.15, 0.2) is 24.3 Å². The van der Waals surface area contributed by atoms with Gasteiger partial charge in [-0.3, -0.25) is 0 Å². The predicted molar refractivity (Wildman–Crippen MR) is 82.2 cm³/mol. The fourth-order valence-electron chi connectivity index (χ4n) is 3.33. The van der Waals surface area contributed by atoms with E-state index < -0.39 is 0 Å². The molecule has 1 N–H and O–H groups in total. The lowest BCUT2D eigenvalue weighted by Gasteiger charge is -2.37. The standard InChI is InChI=1S/C16H25N3/c1-18-12-13-19(16-9-3-2-8-15(16)18)11-5-7-14-6-4-10-17-14/h2-3,8-9,14,17H,4-7,10-13H2,1H3. The lowest BCUT2D eigenvalue weighted by Crippen LogP contribution is -2.39. The Kier molecular flexibility index (Phi) is 3.92. The molecular formula is C16H25N3. The Bertz CT molecular complexity index is 412. The molecule has 3 nitrogen and oxygen atoms in total. The number of fused-ring (bicyclic) bond motifs is 1. The maximum Gasteiger partial charge on any atom is 0.0604 e. The number of likely N-dealkylation sites (N-methyl/N-ethyl adjacent to an activating group) is 1. The minimum atomic E-state index is 0.780. The first-order chi connectivity index (χ1) is 9.34. The van der Waals surface area contributed by atoms with Crippen LogP contribution >= 0.6 is 0 Å². The molecule has 1 aromatic carbocycles. The molecule has 3 heteroatoms. The summed E-state index contributed by atoms with van der Waals surface area (Å²) in [6.07, 6.45) is 5.37. The fraction of sp³-hybridized carbons (Fsp3) is 0.625. The Morgan fingerprint density at radius 2 is 2.05 bits per heavy atom. The van der Waals surface area contributed by atoms with Crippen molar-refractivity contribution in [3.63, 3.8) is 0 Å². The van der Waals surface area contributed by atoms with Crippen molar-refractivity contribution in [2.45, 2.75) is 31.7 Å². The van der Waals surface area contributed by atoms with Gasteiger partial charge in [0.15, 0.2) is 0 Å². The number of para-hydroxylation sites is 2. The average molecular weight is 259 g/mol. The molecule has 2 aliphatic rings. The van der Waals surface area contributed by atoms with Crippen LogP contribution < -0.4 is 15.1 Å². The first-order valence-electron chi connectivity index (χ1n) is 7.63. The topological polar surface area (TPSA) is 18.5 Å². The Labute approximate surface area is 116 Å². The highest BCUT2D eigenvalue weighted by molar-refractivity contribution is 5.72. The van der Waals surface area contributed by atoms with E-state index in [9.17, 15) is 0 Å². The van der Waals surface area contributed by atoms with Gasteiger partial charge in [-0.05, 0) is 44.4 Å². The second kappa shape index (κ2) is 5.83. The molecule has 0 bridgehead atoms. The highest BCUT2D eigenvalue weighted by Gasteiger charge is 2.20. The summed E-state index contributed by atoms with van der Waals surface area (Å²) in [6.45, 7) is 4.72. The monoisotopic (exact) mass is 259 g/mol. The Balaban J connectivity index is 1.58. The van der Waals surface area contributed by atoms with Crippen molar-refractivity contribution in [1.82, 2.24) is 5.32 Å². The number of hydrogen-bond acceptors (Lipinski definition) is 3. The van der Waals surface area contributed by atoms with E-state index in [0.29, 0.717) is 0 Å². The van der Waals surface area contributed by atoms with Crippen LogP contribution in [0, 0.1) is 0 Å². The predicted octanol–water partition coefficient (Wildman–Crippen LogP) is 2.47. The molecular weight excluding hydrogens is 234 g/mol. The van der Waals surface area contributed by atoms with Gasteiger partial charge in [-0.1, -0.05) is 12.1 Å². The molecule has 0 aromatic heterocycles. The number of benzene rings is 1. The van der Waals surface area contributed by atoms with E-state index >= 15 is 0 Å². The van der Waals surface area contributed by atoms with Gasteiger partial charge in [0.25, 0.3) is 0 Å². The van der Waals surface area contributed by atoms with Gasteiger partial charge in [-0.2, -0.15) is 0 Å². The van der Waals surface area contributed by atoms with Gasteiger partial charge in [0.2, 0.25) is 0 Å². The van der Waals surface area contributed by atoms with Crippen molar-refractivity contribution in [2.75, 3.05) is 43.0 Å². The molecule has 0 aliphatic carbocycles. The van der Waals surface area contributed by atoms with E-state index in [1.807, 2.05) is 0 Å². The summed E-state index contributed by atoms with van der Waals surface area (Å²) in [6, 6.07) is 9.58. The van der Waals surface area contributed by atoms with Crippen LogP contribution in [-0.2, 0) is 0 Å². The summed E-state index contributed by atoms with van der Waals surface area (Å²) in [4.78, 5) is 4.93. The molecule has 19 heavy (non-hydrogen) atoms. The van der Waals surface area contributed by atoms with Gasteiger partial charge in [-0.15, -0.1) is 0 Å². The third-order valence-electron chi connectivity index (χ3n) is 4.48. The van der Waals surface area contributed by atoms with Gasteiger partial charge in [0, 0.05) is 32.7 Å². The van der Waals surface area contributed by atoms with Crippen LogP contribution in [-0.4, -0.2) is 39.3 Å². The smallest absolute Gasteiger partial charge is 0.0604 e. The molecule has 3 rings (SSSR count). The quantitative estimate of drug-likeness (QED) is 0.896. The number of nitrogens with zero attached hydrogens (tertiary/aromatic N) is 2. The van der Waals surface area contributed by atoms with Crippen molar-refractivity contribution in [1.29, 1.82) is 0 Å². The minimum Gasteiger partial charge on any atom is -0.371 e. The van der Waals surface area contributed by atoms with Crippen molar-refractivity contribution in [3.8, 4) is 0 Å². The Hall–Kier alpha value is -1.22. The number of hydrogen-bond donors (Lipinski definition) is 1. The Morgan fingerprint density at radius 1 is 1.21 bits per heavy atom. The van der Waals surface area contributed by atoms with Gasteiger partial charge in [-0.25, -0.2) is 0 Å². The molecule has 0 radical (unpaired) electrons.